The van der Waals surface area contributed by atoms with Crippen LogP contribution in [-0.4, -0.2) is 41.3 Å². The normalized spacial score (nSPS) is 17.0. The summed E-state index contributed by atoms with van der Waals surface area (Å²) in [6, 6.07) is 15.9. The number of halogens is 1. The first-order valence-electron chi connectivity index (χ1n) is 12.5. The summed E-state index contributed by atoms with van der Waals surface area (Å²) in [7, 11) is 0. The molecule has 2 aromatic carbocycles. The Morgan fingerprint density at radius 3 is 2.31 bits per heavy atom. The summed E-state index contributed by atoms with van der Waals surface area (Å²) in [5.41, 5.74) is 0.922. The van der Waals surface area contributed by atoms with Gasteiger partial charge in [0.25, 0.3) is 0 Å². The molecule has 2 atom stereocenters. The number of amides is 1. The van der Waals surface area contributed by atoms with Gasteiger partial charge in [-0.3, -0.25) is 4.79 Å². The maximum atomic E-state index is 13.3. The molecular formula is C29H38BrNO5. The maximum Gasteiger partial charge on any atom is 0.410 e. The number of carbonyl (C=O) groups excluding carboxylic acids is 2. The molecule has 1 heterocycles. The SMILES string of the molecule is CC(C)(C)OC(=O)[C@@H](Cc1cccc(COc2cccc(Br)c2)c1)[C@H]1CCN(C(=O)OC(C)(C)C)C1. The van der Waals surface area contributed by atoms with E-state index in [4.69, 9.17) is 14.2 Å². The van der Waals surface area contributed by atoms with Crippen molar-refractivity contribution in [3.8, 4) is 5.75 Å². The predicted molar refractivity (Wildman–Crippen MR) is 144 cm³/mol. The Kier molecular flexibility index (Phi) is 9.09. The van der Waals surface area contributed by atoms with Crippen LogP contribution in [0.1, 0.15) is 59.1 Å². The summed E-state index contributed by atoms with van der Waals surface area (Å²) in [6.07, 6.45) is 0.932. The summed E-state index contributed by atoms with van der Waals surface area (Å²) in [6.45, 7) is 12.7. The van der Waals surface area contributed by atoms with Crippen molar-refractivity contribution in [2.24, 2.45) is 11.8 Å². The molecule has 0 aliphatic carbocycles. The standard InChI is InChI=1S/C29H38BrNO5/c1-28(2,3)35-26(32)25(22-13-14-31(18-22)27(33)36-29(4,5)6)16-20-9-7-10-21(15-20)19-34-24-12-8-11-23(30)17-24/h7-12,15,17,22,25H,13-14,16,18-19H2,1-6H3/t22-,25-/m0/s1. The molecule has 0 unspecified atom stereocenters. The van der Waals surface area contributed by atoms with Crippen LogP contribution in [0.2, 0.25) is 0 Å². The van der Waals surface area contributed by atoms with E-state index in [1.807, 2.05) is 84.0 Å². The summed E-state index contributed by atoms with van der Waals surface area (Å²) >= 11 is 3.46. The Hall–Kier alpha value is -2.54. The molecule has 1 fully saturated rings. The van der Waals surface area contributed by atoms with Crippen molar-refractivity contribution >= 4 is 28.0 Å². The highest BCUT2D eigenvalue weighted by atomic mass is 79.9. The summed E-state index contributed by atoms with van der Waals surface area (Å²) in [4.78, 5) is 27.6. The molecule has 1 amide bonds. The average molecular weight is 561 g/mol. The van der Waals surface area contributed by atoms with E-state index in [2.05, 4.69) is 22.0 Å². The largest absolute Gasteiger partial charge is 0.489 e. The van der Waals surface area contributed by atoms with E-state index in [0.29, 0.717) is 26.1 Å². The number of rotatable bonds is 7. The second kappa shape index (κ2) is 11.7. The minimum atomic E-state index is -0.585. The minimum absolute atomic E-state index is 0.00561. The molecule has 2 aromatic rings. The molecule has 36 heavy (non-hydrogen) atoms. The van der Waals surface area contributed by atoms with Crippen LogP contribution < -0.4 is 4.74 Å². The lowest BCUT2D eigenvalue weighted by atomic mass is 9.85. The first-order chi connectivity index (χ1) is 16.8. The molecular weight excluding hydrogens is 522 g/mol. The van der Waals surface area contributed by atoms with Crippen LogP contribution >= 0.6 is 15.9 Å². The first-order valence-corrected chi connectivity index (χ1v) is 13.3. The van der Waals surface area contributed by atoms with Gasteiger partial charge in [-0.15, -0.1) is 0 Å². The van der Waals surface area contributed by atoms with Gasteiger partial charge in [0.2, 0.25) is 0 Å². The van der Waals surface area contributed by atoms with Crippen LogP contribution in [0.4, 0.5) is 4.79 Å². The molecule has 0 saturated carbocycles. The van der Waals surface area contributed by atoms with Gasteiger partial charge in [0.15, 0.2) is 0 Å². The summed E-state index contributed by atoms with van der Waals surface area (Å²) < 4.78 is 18.3. The highest BCUT2D eigenvalue weighted by Crippen LogP contribution is 2.31. The molecule has 0 aromatic heterocycles. The van der Waals surface area contributed by atoms with Crippen LogP contribution in [0.5, 0.6) is 5.75 Å². The van der Waals surface area contributed by atoms with Crippen LogP contribution in [0.25, 0.3) is 0 Å². The quantitative estimate of drug-likeness (QED) is 0.349. The highest BCUT2D eigenvalue weighted by molar-refractivity contribution is 9.10. The first kappa shape index (κ1) is 28.0. The number of nitrogens with zero attached hydrogens (tertiary/aromatic N) is 1. The van der Waals surface area contributed by atoms with Crippen molar-refractivity contribution in [1.29, 1.82) is 0 Å². The van der Waals surface area contributed by atoms with Crippen molar-refractivity contribution < 1.29 is 23.8 Å². The number of hydrogen-bond acceptors (Lipinski definition) is 5. The third kappa shape index (κ3) is 8.84. The zero-order valence-electron chi connectivity index (χ0n) is 22.2. The lowest BCUT2D eigenvalue weighted by molar-refractivity contribution is -0.161. The van der Waals surface area contributed by atoms with Gasteiger partial charge < -0.3 is 19.1 Å². The van der Waals surface area contributed by atoms with Gasteiger partial charge >= 0.3 is 12.1 Å². The third-order valence-corrected chi connectivity index (χ3v) is 6.30. The lowest BCUT2D eigenvalue weighted by Gasteiger charge is -2.28. The van der Waals surface area contributed by atoms with E-state index in [9.17, 15) is 9.59 Å². The van der Waals surface area contributed by atoms with Crippen molar-refractivity contribution in [3.63, 3.8) is 0 Å². The highest BCUT2D eigenvalue weighted by Gasteiger charge is 2.39. The van der Waals surface area contributed by atoms with Crippen LogP contribution in [0.3, 0.4) is 0 Å². The van der Waals surface area contributed by atoms with E-state index in [1.54, 1.807) is 4.90 Å². The lowest BCUT2D eigenvalue weighted by Crippen LogP contribution is -2.38. The van der Waals surface area contributed by atoms with E-state index < -0.39 is 11.2 Å². The molecule has 0 spiro atoms. The van der Waals surface area contributed by atoms with Crippen molar-refractivity contribution in [1.82, 2.24) is 4.90 Å². The van der Waals surface area contributed by atoms with Gasteiger partial charge in [-0.2, -0.15) is 0 Å². The second-order valence-corrected chi connectivity index (χ2v) is 12.3. The topological polar surface area (TPSA) is 65.1 Å². The summed E-state index contributed by atoms with van der Waals surface area (Å²) in [5.74, 6) is 0.191. The number of ether oxygens (including phenoxy) is 3. The number of likely N-dealkylation sites (tertiary alicyclic amines) is 1. The van der Waals surface area contributed by atoms with Gasteiger partial charge in [-0.05, 0) is 89.6 Å². The van der Waals surface area contributed by atoms with E-state index in [-0.39, 0.29) is 23.9 Å². The van der Waals surface area contributed by atoms with Gasteiger partial charge in [0.1, 0.15) is 23.6 Å². The second-order valence-electron chi connectivity index (χ2n) is 11.4. The number of benzene rings is 2. The molecule has 1 aliphatic rings. The monoisotopic (exact) mass is 559 g/mol. The Balaban J connectivity index is 1.72. The molecule has 7 heteroatoms. The fourth-order valence-corrected chi connectivity index (χ4v) is 4.63. The zero-order chi connectivity index (χ0) is 26.5. The fraction of sp³-hybridized carbons (Fsp3) is 0.517. The van der Waals surface area contributed by atoms with Gasteiger partial charge in [0, 0.05) is 17.6 Å². The Morgan fingerprint density at radius 1 is 0.972 bits per heavy atom. The van der Waals surface area contributed by atoms with Crippen molar-refractivity contribution in [3.05, 3.63) is 64.1 Å². The number of esters is 1. The van der Waals surface area contributed by atoms with Gasteiger partial charge in [-0.1, -0.05) is 46.3 Å². The van der Waals surface area contributed by atoms with E-state index in [0.717, 1.165) is 27.8 Å². The maximum absolute atomic E-state index is 13.3. The van der Waals surface area contributed by atoms with Crippen LogP contribution in [-0.2, 0) is 27.3 Å². The molecule has 1 saturated heterocycles. The Morgan fingerprint density at radius 2 is 1.64 bits per heavy atom. The van der Waals surface area contributed by atoms with Gasteiger partial charge in [0.05, 0.1) is 5.92 Å². The van der Waals surface area contributed by atoms with Crippen LogP contribution in [0.15, 0.2) is 53.0 Å². The fourth-order valence-electron chi connectivity index (χ4n) is 4.25. The number of carbonyl (C=O) groups is 2. The minimum Gasteiger partial charge on any atom is -0.489 e. The molecule has 0 N–H and O–H groups in total. The Bertz CT molecular complexity index is 1060. The summed E-state index contributed by atoms with van der Waals surface area (Å²) in [5, 5.41) is 0. The molecule has 3 rings (SSSR count). The van der Waals surface area contributed by atoms with E-state index >= 15 is 0 Å². The predicted octanol–water partition coefficient (Wildman–Crippen LogP) is 6.79. The van der Waals surface area contributed by atoms with Gasteiger partial charge in [-0.25, -0.2) is 4.79 Å². The molecule has 196 valence electrons. The molecule has 1 aliphatic heterocycles. The zero-order valence-corrected chi connectivity index (χ0v) is 23.8. The third-order valence-electron chi connectivity index (χ3n) is 5.80. The smallest absolute Gasteiger partial charge is 0.410 e. The van der Waals surface area contributed by atoms with E-state index in [1.165, 1.54) is 0 Å². The Labute approximate surface area is 223 Å². The number of hydrogen-bond donors (Lipinski definition) is 0. The van der Waals surface area contributed by atoms with Crippen molar-refractivity contribution in [2.45, 2.75) is 72.2 Å². The van der Waals surface area contributed by atoms with Crippen molar-refractivity contribution in [2.75, 3.05) is 13.1 Å². The average Bonchev–Trinajstić information content (AvgIpc) is 3.24. The van der Waals surface area contributed by atoms with Crippen LogP contribution in [0, 0.1) is 11.8 Å². The molecule has 6 nitrogen and oxygen atoms in total. The molecule has 0 bridgehead atoms. The molecule has 0 radical (unpaired) electrons.